The number of hydrogen-bond acceptors (Lipinski definition) is 5. The molecule has 1 aliphatic heterocycles. The maximum atomic E-state index is 13.0. The lowest BCUT2D eigenvalue weighted by molar-refractivity contribution is -0.130. The van der Waals surface area contributed by atoms with E-state index in [9.17, 15) is 17.6 Å². The Bertz CT molecular complexity index is 873. The maximum absolute atomic E-state index is 13.0. The van der Waals surface area contributed by atoms with E-state index in [-0.39, 0.29) is 22.5 Å². The lowest BCUT2D eigenvalue weighted by Gasteiger charge is -2.36. The van der Waals surface area contributed by atoms with Crippen LogP contribution in [-0.2, 0) is 14.8 Å². The first-order valence-corrected chi connectivity index (χ1v) is 10.5. The minimum absolute atomic E-state index is 0.212. The van der Waals surface area contributed by atoms with Crippen LogP contribution in [0.25, 0.3) is 0 Å². The van der Waals surface area contributed by atoms with Crippen LogP contribution in [0, 0.1) is 12.7 Å². The third kappa shape index (κ3) is 4.40. The number of anilines is 1. The summed E-state index contributed by atoms with van der Waals surface area (Å²) >= 11 is 1.17. The first-order chi connectivity index (χ1) is 12.3. The molecular formula is C17H20FN3O3S2. The van der Waals surface area contributed by atoms with E-state index in [1.54, 1.807) is 23.1 Å². The number of sulfonamides is 1. The summed E-state index contributed by atoms with van der Waals surface area (Å²) < 4.78 is 40.0. The molecule has 0 bridgehead atoms. The number of carbonyl (C=O) groups excluding carboxylic acids is 1. The van der Waals surface area contributed by atoms with Crippen molar-refractivity contribution in [2.45, 2.75) is 11.1 Å². The lowest BCUT2D eigenvalue weighted by atomic mass is 10.2. The van der Waals surface area contributed by atoms with Crippen molar-refractivity contribution in [1.82, 2.24) is 9.62 Å². The smallest absolute Gasteiger partial charge is 0.250 e. The molecule has 6 nitrogen and oxygen atoms in total. The van der Waals surface area contributed by atoms with Gasteiger partial charge in [-0.15, -0.1) is 11.3 Å². The molecule has 0 saturated carbocycles. The number of amides is 1. The summed E-state index contributed by atoms with van der Waals surface area (Å²) in [6.07, 6.45) is 0. The first kappa shape index (κ1) is 18.8. The number of carbonyl (C=O) groups is 1. The lowest BCUT2D eigenvalue weighted by Crippen LogP contribution is -2.51. The molecule has 1 amide bonds. The topological polar surface area (TPSA) is 69.7 Å². The molecule has 1 aliphatic rings. The maximum Gasteiger partial charge on any atom is 0.250 e. The van der Waals surface area contributed by atoms with E-state index >= 15 is 0 Å². The van der Waals surface area contributed by atoms with Crippen molar-refractivity contribution in [2.75, 3.05) is 37.6 Å². The molecule has 3 rings (SSSR count). The summed E-state index contributed by atoms with van der Waals surface area (Å²) in [5.74, 6) is -0.531. The molecule has 0 atom stereocenters. The van der Waals surface area contributed by atoms with Crippen molar-refractivity contribution in [3.8, 4) is 0 Å². The van der Waals surface area contributed by atoms with Crippen LogP contribution in [0.15, 0.2) is 40.6 Å². The highest BCUT2D eigenvalue weighted by Crippen LogP contribution is 2.20. The monoisotopic (exact) mass is 397 g/mol. The Morgan fingerprint density at radius 2 is 1.77 bits per heavy atom. The molecule has 0 radical (unpaired) electrons. The number of aryl methyl sites for hydroxylation is 1. The van der Waals surface area contributed by atoms with Gasteiger partial charge in [-0.1, -0.05) is 0 Å². The van der Waals surface area contributed by atoms with Gasteiger partial charge < -0.3 is 9.80 Å². The number of thiophene rings is 1. The summed E-state index contributed by atoms with van der Waals surface area (Å²) in [4.78, 5) is 16.9. The van der Waals surface area contributed by atoms with Gasteiger partial charge in [-0.3, -0.25) is 4.79 Å². The van der Waals surface area contributed by atoms with Crippen molar-refractivity contribution in [3.05, 3.63) is 47.1 Å². The van der Waals surface area contributed by atoms with Gasteiger partial charge >= 0.3 is 0 Å². The molecule has 0 spiro atoms. The fourth-order valence-electron chi connectivity index (χ4n) is 2.76. The molecule has 0 unspecified atom stereocenters. The van der Waals surface area contributed by atoms with Gasteiger partial charge in [-0.25, -0.2) is 17.5 Å². The number of halogens is 1. The highest BCUT2D eigenvalue weighted by atomic mass is 32.2. The van der Waals surface area contributed by atoms with Gasteiger partial charge in [0.1, 0.15) is 10.0 Å². The third-order valence-corrected chi connectivity index (χ3v) is 7.11. The number of hydrogen-bond donors (Lipinski definition) is 1. The second kappa shape index (κ2) is 7.73. The van der Waals surface area contributed by atoms with Crippen molar-refractivity contribution < 1.29 is 17.6 Å². The molecule has 1 N–H and O–H groups in total. The Morgan fingerprint density at radius 3 is 2.35 bits per heavy atom. The van der Waals surface area contributed by atoms with Gasteiger partial charge in [0.25, 0.3) is 10.0 Å². The van der Waals surface area contributed by atoms with Gasteiger partial charge in [0.2, 0.25) is 5.91 Å². The standard InChI is InChI=1S/C17H20FN3O3S2/c1-13-2-7-17(25-13)26(23,24)19-12-16(22)21-10-8-20(9-11-21)15-5-3-14(18)4-6-15/h2-7,19H,8-12H2,1H3. The van der Waals surface area contributed by atoms with Crippen LogP contribution in [-0.4, -0.2) is 51.9 Å². The molecule has 26 heavy (non-hydrogen) atoms. The second-order valence-electron chi connectivity index (χ2n) is 6.03. The predicted molar refractivity (Wildman–Crippen MR) is 99.4 cm³/mol. The number of nitrogens with zero attached hydrogens (tertiary/aromatic N) is 2. The summed E-state index contributed by atoms with van der Waals surface area (Å²) in [6.45, 7) is 3.81. The van der Waals surface area contributed by atoms with Crippen LogP contribution in [0.1, 0.15) is 4.88 Å². The summed E-state index contributed by atoms with van der Waals surface area (Å²) in [5.41, 5.74) is 0.910. The summed E-state index contributed by atoms with van der Waals surface area (Å²) in [7, 11) is -3.66. The van der Waals surface area contributed by atoms with Crippen LogP contribution in [0.3, 0.4) is 0 Å². The van der Waals surface area contributed by atoms with E-state index in [1.807, 2.05) is 6.92 Å². The SMILES string of the molecule is Cc1ccc(S(=O)(=O)NCC(=O)N2CCN(c3ccc(F)cc3)CC2)s1. The van der Waals surface area contributed by atoms with Crippen LogP contribution >= 0.6 is 11.3 Å². The number of benzene rings is 1. The van der Waals surface area contributed by atoms with E-state index in [0.29, 0.717) is 26.2 Å². The zero-order valence-electron chi connectivity index (χ0n) is 14.3. The van der Waals surface area contributed by atoms with E-state index in [4.69, 9.17) is 0 Å². The van der Waals surface area contributed by atoms with E-state index in [2.05, 4.69) is 9.62 Å². The van der Waals surface area contributed by atoms with E-state index in [1.165, 1.54) is 29.5 Å². The van der Waals surface area contributed by atoms with Crippen LogP contribution < -0.4 is 9.62 Å². The average Bonchev–Trinajstić information content (AvgIpc) is 3.08. The normalized spacial score (nSPS) is 15.3. The predicted octanol–water partition coefficient (Wildman–Crippen LogP) is 1.82. The van der Waals surface area contributed by atoms with Gasteiger partial charge in [0, 0.05) is 36.7 Å². The molecule has 1 saturated heterocycles. The Morgan fingerprint density at radius 1 is 1.12 bits per heavy atom. The zero-order valence-corrected chi connectivity index (χ0v) is 15.9. The molecule has 9 heteroatoms. The Labute approximate surface area is 156 Å². The third-order valence-electron chi connectivity index (χ3n) is 4.22. The van der Waals surface area contributed by atoms with Crippen LogP contribution in [0.4, 0.5) is 10.1 Å². The number of nitrogens with one attached hydrogen (secondary N) is 1. The molecule has 1 aromatic carbocycles. The molecule has 140 valence electrons. The van der Waals surface area contributed by atoms with Crippen molar-refractivity contribution in [1.29, 1.82) is 0 Å². The van der Waals surface area contributed by atoms with Crippen molar-refractivity contribution >= 4 is 33.0 Å². The minimum atomic E-state index is -3.66. The van der Waals surface area contributed by atoms with Crippen molar-refractivity contribution in [2.24, 2.45) is 0 Å². The van der Waals surface area contributed by atoms with Crippen LogP contribution in [0.5, 0.6) is 0 Å². The van der Waals surface area contributed by atoms with Gasteiger partial charge in [-0.2, -0.15) is 0 Å². The van der Waals surface area contributed by atoms with Gasteiger partial charge in [0.15, 0.2) is 0 Å². The fourth-order valence-corrected chi connectivity index (χ4v) is 5.06. The molecule has 0 aliphatic carbocycles. The molecule has 2 aromatic rings. The molecule has 1 aromatic heterocycles. The van der Waals surface area contributed by atoms with Crippen LogP contribution in [0.2, 0.25) is 0 Å². The Balaban J connectivity index is 1.51. The zero-order chi connectivity index (χ0) is 18.7. The fraction of sp³-hybridized carbons (Fsp3) is 0.353. The molecule has 2 heterocycles. The second-order valence-corrected chi connectivity index (χ2v) is 9.32. The van der Waals surface area contributed by atoms with Gasteiger partial charge in [0.05, 0.1) is 6.54 Å². The highest BCUT2D eigenvalue weighted by Gasteiger charge is 2.23. The number of rotatable bonds is 5. The van der Waals surface area contributed by atoms with E-state index < -0.39 is 10.0 Å². The minimum Gasteiger partial charge on any atom is -0.368 e. The number of piperazine rings is 1. The quantitative estimate of drug-likeness (QED) is 0.836. The van der Waals surface area contributed by atoms with Crippen molar-refractivity contribution in [3.63, 3.8) is 0 Å². The Hall–Kier alpha value is -1.97. The first-order valence-electron chi connectivity index (χ1n) is 8.19. The molecular weight excluding hydrogens is 377 g/mol. The summed E-state index contributed by atoms with van der Waals surface area (Å²) in [5, 5.41) is 0. The average molecular weight is 397 g/mol. The molecule has 1 fully saturated rings. The summed E-state index contributed by atoms with van der Waals surface area (Å²) in [6, 6.07) is 9.51. The highest BCUT2D eigenvalue weighted by molar-refractivity contribution is 7.91. The van der Waals surface area contributed by atoms with Gasteiger partial charge in [-0.05, 0) is 43.3 Å². The Kier molecular flexibility index (Phi) is 5.59. The largest absolute Gasteiger partial charge is 0.368 e. The van der Waals surface area contributed by atoms with E-state index in [0.717, 1.165) is 10.6 Å².